The summed E-state index contributed by atoms with van der Waals surface area (Å²) < 4.78 is 4.77. The molecule has 0 saturated heterocycles. The summed E-state index contributed by atoms with van der Waals surface area (Å²) in [6, 6.07) is 79.7. The van der Waals surface area contributed by atoms with Crippen molar-refractivity contribution in [2.75, 3.05) is 0 Å². The quantitative estimate of drug-likeness (QED) is 0.160. The van der Waals surface area contributed by atoms with Crippen LogP contribution in [0.2, 0.25) is 0 Å². The highest BCUT2D eigenvalue weighted by molar-refractivity contribution is 6.19. The SMILES string of the molecule is N#Cc1ccc(-c2cc(-c3cc(-c4ccccc4)nc(-c4ccccc4)n3)cc(-c3ccc(C#N)cc3)c2-n2c3ccccc3c3cc4c5ccccc5n(-c5ccccc5)c4cc32)cc1. The Bertz CT molecular complexity index is 3770. The van der Waals surface area contributed by atoms with Crippen molar-refractivity contribution in [1.29, 1.82) is 10.5 Å². The van der Waals surface area contributed by atoms with Crippen LogP contribution in [0.15, 0.2) is 218 Å². The maximum Gasteiger partial charge on any atom is 0.160 e. The van der Waals surface area contributed by atoms with Gasteiger partial charge >= 0.3 is 0 Å². The van der Waals surface area contributed by atoms with Gasteiger partial charge in [-0.2, -0.15) is 10.5 Å². The van der Waals surface area contributed by atoms with Crippen molar-refractivity contribution in [2.24, 2.45) is 0 Å². The van der Waals surface area contributed by atoms with E-state index in [9.17, 15) is 10.5 Å². The lowest BCUT2D eigenvalue weighted by atomic mass is 9.91. The van der Waals surface area contributed by atoms with Crippen molar-refractivity contribution >= 4 is 43.6 Å². The van der Waals surface area contributed by atoms with Crippen LogP contribution in [-0.4, -0.2) is 19.1 Å². The van der Waals surface area contributed by atoms with E-state index < -0.39 is 0 Å². The first-order chi connectivity index (χ1) is 32.6. The fourth-order valence-corrected chi connectivity index (χ4v) is 9.51. The van der Waals surface area contributed by atoms with Crippen molar-refractivity contribution in [3.63, 3.8) is 0 Å². The van der Waals surface area contributed by atoms with Crippen molar-refractivity contribution in [3.8, 4) is 79.7 Å². The summed E-state index contributed by atoms with van der Waals surface area (Å²) >= 11 is 0. The van der Waals surface area contributed by atoms with Gasteiger partial charge in [-0.05, 0) is 90.0 Å². The molecule has 3 aromatic heterocycles. The van der Waals surface area contributed by atoms with Gasteiger partial charge < -0.3 is 9.13 Å². The van der Waals surface area contributed by atoms with E-state index in [1.165, 1.54) is 10.8 Å². The molecule has 6 heteroatoms. The van der Waals surface area contributed by atoms with Gasteiger partial charge in [-0.25, -0.2) is 9.97 Å². The molecule has 0 radical (unpaired) electrons. The molecule has 0 amide bonds. The van der Waals surface area contributed by atoms with E-state index in [1.807, 2.05) is 97.1 Å². The van der Waals surface area contributed by atoms with E-state index in [2.05, 4.69) is 143 Å². The summed E-state index contributed by atoms with van der Waals surface area (Å²) in [7, 11) is 0. The molecule has 0 aliphatic carbocycles. The number of rotatable bonds is 7. The molecular weight excluding hydrogens is 805 g/mol. The minimum absolute atomic E-state index is 0.576. The Kier molecular flexibility index (Phi) is 9.16. The van der Waals surface area contributed by atoms with Gasteiger partial charge in [0.2, 0.25) is 0 Å². The first-order valence-corrected chi connectivity index (χ1v) is 21.8. The van der Waals surface area contributed by atoms with Gasteiger partial charge in [-0.1, -0.05) is 140 Å². The van der Waals surface area contributed by atoms with E-state index in [0.717, 1.165) is 94.5 Å². The fourth-order valence-electron chi connectivity index (χ4n) is 9.51. The van der Waals surface area contributed by atoms with E-state index in [-0.39, 0.29) is 0 Å². The largest absolute Gasteiger partial charge is 0.309 e. The third kappa shape index (κ3) is 6.41. The number of para-hydroxylation sites is 3. The third-order valence-electron chi connectivity index (χ3n) is 12.6. The van der Waals surface area contributed by atoms with Gasteiger partial charge in [-0.15, -0.1) is 0 Å². The van der Waals surface area contributed by atoms with Crippen LogP contribution >= 0.6 is 0 Å². The molecule has 0 saturated carbocycles. The average Bonchev–Trinajstić information content (AvgIpc) is 3.90. The number of fused-ring (bicyclic) bond motifs is 6. The summed E-state index contributed by atoms with van der Waals surface area (Å²) in [6.07, 6.45) is 0. The maximum atomic E-state index is 9.96. The third-order valence-corrected chi connectivity index (χ3v) is 12.6. The lowest BCUT2D eigenvalue weighted by molar-refractivity contribution is 1.16. The molecule has 9 aromatic carbocycles. The van der Waals surface area contributed by atoms with E-state index >= 15 is 0 Å². The predicted molar refractivity (Wildman–Crippen MR) is 267 cm³/mol. The topological polar surface area (TPSA) is 83.2 Å². The van der Waals surface area contributed by atoms with Crippen LogP contribution in [0.1, 0.15) is 11.1 Å². The first kappa shape index (κ1) is 38.3. The van der Waals surface area contributed by atoms with Crippen molar-refractivity contribution in [1.82, 2.24) is 19.1 Å². The lowest BCUT2D eigenvalue weighted by Crippen LogP contribution is -2.03. The number of aromatic nitrogens is 4. The van der Waals surface area contributed by atoms with Crippen LogP contribution in [0.4, 0.5) is 0 Å². The number of nitrogens with zero attached hydrogens (tertiary/aromatic N) is 6. The highest BCUT2D eigenvalue weighted by Crippen LogP contribution is 2.46. The average molecular weight is 841 g/mol. The second-order valence-electron chi connectivity index (χ2n) is 16.4. The highest BCUT2D eigenvalue weighted by atomic mass is 15.0. The molecule has 0 spiro atoms. The standard InChI is InChI=1S/C60H36N6/c61-37-39-24-28-41(29-25-39)49-32-45(54-35-53(43-14-4-1-5-15-43)63-60(64-54)44-16-6-2-7-17-44)33-50(42-30-26-40(38-62)27-31-42)59(49)66-56-23-13-11-21-48(56)52-34-51-47-20-10-12-22-55(47)65(57(51)36-58(52)66)46-18-8-3-9-19-46/h1-36H. The van der Waals surface area contributed by atoms with E-state index in [4.69, 9.17) is 9.97 Å². The van der Waals surface area contributed by atoms with Gasteiger partial charge in [0.25, 0.3) is 0 Å². The molecule has 12 rings (SSSR count). The lowest BCUT2D eigenvalue weighted by Gasteiger charge is -2.21. The van der Waals surface area contributed by atoms with Gasteiger partial charge in [-0.3, -0.25) is 0 Å². The molecule has 0 aliphatic rings. The molecule has 6 nitrogen and oxygen atoms in total. The molecule has 0 N–H and O–H groups in total. The summed E-state index contributed by atoms with van der Waals surface area (Å²) in [5.41, 5.74) is 15.6. The maximum absolute atomic E-state index is 9.96. The van der Waals surface area contributed by atoms with Crippen LogP contribution in [0, 0.1) is 22.7 Å². The van der Waals surface area contributed by atoms with Gasteiger partial charge in [0.15, 0.2) is 5.82 Å². The fraction of sp³-hybridized carbons (Fsp3) is 0. The van der Waals surface area contributed by atoms with Crippen molar-refractivity contribution < 1.29 is 0 Å². The van der Waals surface area contributed by atoms with Crippen LogP contribution in [0.5, 0.6) is 0 Å². The first-order valence-electron chi connectivity index (χ1n) is 21.8. The smallest absolute Gasteiger partial charge is 0.160 e. The van der Waals surface area contributed by atoms with Crippen molar-refractivity contribution in [3.05, 3.63) is 230 Å². The highest BCUT2D eigenvalue weighted by Gasteiger charge is 2.24. The van der Waals surface area contributed by atoms with Crippen LogP contribution in [0.25, 0.3) is 111 Å². The zero-order valence-electron chi connectivity index (χ0n) is 35.5. The summed E-state index contributed by atoms with van der Waals surface area (Å²) in [5.74, 6) is 0.621. The molecule has 306 valence electrons. The van der Waals surface area contributed by atoms with E-state index in [1.54, 1.807) is 0 Å². The molecular formula is C60H36N6. The molecule has 0 aliphatic heterocycles. The van der Waals surface area contributed by atoms with Crippen LogP contribution < -0.4 is 0 Å². The number of nitriles is 2. The Labute approximate surface area is 380 Å². The monoisotopic (exact) mass is 840 g/mol. The zero-order valence-corrected chi connectivity index (χ0v) is 35.5. The second-order valence-corrected chi connectivity index (χ2v) is 16.4. The molecule has 12 aromatic rings. The Morgan fingerprint density at radius 1 is 0.333 bits per heavy atom. The molecule has 66 heavy (non-hydrogen) atoms. The summed E-state index contributed by atoms with van der Waals surface area (Å²) in [4.78, 5) is 10.4. The Morgan fingerprint density at radius 2 is 0.788 bits per heavy atom. The van der Waals surface area contributed by atoms with Crippen LogP contribution in [0.3, 0.4) is 0 Å². The van der Waals surface area contributed by atoms with Gasteiger partial charge in [0, 0.05) is 55.0 Å². The Morgan fingerprint density at radius 3 is 1.33 bits per heavy atom. The molecule has 0 atom stereocenters. The number of hydrogen-bond acceptors (Lipinski definition) is 4. The summed E-state index contributed by atoms with van der Waals surface area (Å²) in [6.45, 7) is 0. The molecule has 0 unspecified atom stereocenters. The molecule has 0 fully saturated rings. The predicted octanol–water partition coefficient (Wildman–Crippen LogP) is 14.7. The minimum Gasteiger partial charge on any atom is -0.309 e. The summed E-state index contributed by atoms with van der Waals surface area (Å²) in [5, 5.41) is 24.5. The number of hydrogen-bond donors (Lipinski definition) is 0. The van der Waals surface area contributed by atoms with E-state index in [0.29, 0.717) is 17.0 Å². The molecule has 3 heterocycles. The minimum atomic E-state index is 0.576. The second kappa shape index (κ2) is 15.8. The Balaban J connectivity index is 1.23. The van der Waals surface area contributed by atoms with Crippen molar-refractivity contribution in [2.45, 2.75) is 0 Å². The van der Waals surface area contributed by atoms with Crippen LogP contribution in [-0.2, 0) is 0 Å². The Hall–Kier alpha value is -9.36. The normalized spacial score (nSPS) is 11.3. The number of benzene rings is 9. The van der Waals surface area contributed by atoms with Gasteiger partial charge in [0.05, 0.1) is 62.4 Å². The van der Waals surface area contributed by atoms with Gasteiger partial charge in [0.1, 0.15) is 0 Å². The zero-order chi connectivity index (χ0) is 44.1. The molecule has 0 bridgehead atoms.